The van der Waals surface area contributed by atoms with Gasteiger partial charge in [-0.1, -0.05) is 36.4 Å². The Bertz CT molecular complexity index is 1190. The van der Waals surface area contributed by atoms with Gasteiger partial charge in [0.05, 0.1) is 10.6 Å². The molecule has 0 saturated heterocycles. The Morgan fingerprint density at radius 1 is 1.00 bits per heavy atom. The predicted molar refractivity (Wildman–Crippen MR) is 95.8 cm³/mol. The summed E-state index contributed by atoms with van der Waals surface area (Å²) in [7, 11) is -3.33. The molecule has 0 unspecified atom stereocenters. The van der Waals surface area contributed by atoms with Crippen LogP contribution in [0.3, 0.4) is 0 Å². The van der Waals surface area contributed by atoms with Crippen LogP contribution in [-0.2, 0) is 9.84 Å². The minimum atomic E-state index is -3.33. The number of nitrogens with zero attached hydrogens (tertiary/aromatic N) is 4. The highest BCUT2D eigenvalue weighted by molar-refractivity contribution is 7.90. The maximum absolute atomic E-state index is 11.8. The summed E-state index contributed by atoms with van der Waals surface area (Å²) in [5, 5.41) is 4.12. The Kier molecular flexibility index (Phi) is 3.89. The smallest absolute Gasteiger partial charge is 0.255 e. The molecule has 0 fully saturated rings. The quantitative estimate of drug-likeness (QED) is 0.552. The highest BCUT2D eigenvalue weighted by Gasteiger charge is 2.13. The molecule has 0 saturated carbocycles. The molecule has 4 aromatic rings. The van der Waals surface area contributed by atoms with Gasteiger partial charge in [0.1, 0.15) is 12.1 Å². The zero-order valence-corrected chi connectivity index (χ0v) is 14.6. The van der Waals surface area contributed by atoms with E-state index < -0.39 is 9.84 Å². The van der Waals surface area contributed by atoms with Crippen LogP contribution in [0.2, 0.25) is 0 Å². The van der Waals surface area contributed by atoms with Crippen molar-refractivity contribution >= 4 is 15.6 Å². The van der Waals surface area contributed by atoms with Crippen molar-refractivity contribution in [2.75, 3.05) is 6.26 Å². The standard InChI is InChI=1S/C18H14N4O3S/c1-26(23,24)15-9-5-8-14(10-15)25-17-11-16(13-6-3-2-4-7-13)21-18-19-12-20-22(17)18/h2-12H,1H3. The van der Waals surface area contributed by atoms with Crippen molar-refractivity contribution in [2.24, 2.45) is 0 Å². The molecule has 0 radical (unpaired) electrons. The second-order valence-electron chi connectivity index (χ2n) is 5.67. The summed E-state index contributed by atoms with van der Waals surface area (Å²) in [6, 6.07) is 17.7. The molecule has 130 valence electrons. The van der Waals surface area contributed by atoms with E-state index in [-0.39, 0.29) is 4.90 Å². The molecule has 0 N–H and O–H groups in total. The van der Waals surface area contributed by atoms with Crippen molar-refractivity contribution in [3.05, 3.63) is 67.0 Å². The number of aromatic nitrogens is 4. The lowest BCUT2D eigenvalue weighted by Crippen LogP contribution is -2.01. The minimum absolute atomic E-state index is 0.183. The molecule has 0 atom stereocenters. The first-order valence-electron chi connectivity index (χ1n) is 7.75. The Balaban J connectivity index is 1.80. The predicted octanol–water partition coefficient (Wildman–Crippen LogP) is 2.99. The molecule has 0 bridgehead atoms. The van der Waals surface area contributed by atoms with Crippen molar-refractivity contribution < 1.29 is 13.2 Å². The lowest BCUT2D eigenvalue weighted by molar-refractivity contribution is 0.445. The number of hydrogen-bond donors (Lipinski definition) is 0. The number of rotatable bonds is 4. The Morgan fingerprint density at radius 2 is 1.81 bits per heavy atom. The molecule has 2 heterocycles. The van der Waals surface area contributed by atoms with Crippen LogP contribution in [-0.4, -0.2) is 34.3 Å². The van der Waals surface area contributed by atoms with Gasteiger partial charge in [0.2, 0.25) is 5.88 Å². The van der Waals surface area contributed by atoms with Crippen LogP contribution < -0.4 is 4.74 Å². The van der Waals surface area contributed by atoms with E-state index in [2.05, 4.69) is 15.1 Å². The van der Waals surface area contributed by atoms with Crippen LogP contribution in [0.1, 0.15) is 0 Å². The van der Waals surface area contributed by atoms with E-state index in [1.165, 1.54) is 23.0 Å². The van der Waals surface area contributed by atoms with Crippen LogP contribution in [0.15, 0.2) is 71.9 Å². The molecule has 26 heavy (non-hydrogen) atoms. The van der Waals surface area contributed by atoms with E-state index in [9.17, 15) is 8.42 Å². The van der Waals surface area contributed by atoms with Crippen LogP contribution in [0.4, 0.5) is 0 Å². The van der Waals surface area contributed by atoms with Crippen LogP contribution in [0.25, 0.3) is 17.0 Å². The largest absolute Gasteiger partial charge is 0.439 e. The summed E-state index contributed by atoms with van der Waals surface area (Å²) >= 11 is 0. The van der Waals surface area contributed by atoms with Gasteiger partial charge in [0.25, 0.3) is 5.78 Å². The van der Waals surface area contributed by atoms with E-state index in [0.717, 1.165) is 11.8 Å². The fourth-order valence-corrected chi connectivity index (χ4v) is 3.16. The first-order chi connectivity index (χ1) is 12.5. The van der Waals surface area contributed by atoms with E-state index in [0.29, 0.717) is 23.1 Å². The lowest BCUT2D eigenvalue weighted by atomic mass is 10.1. The second-order valence-corrected chi connectivity index (χ2v) is 7.68. The van der Waals surface area contributed by atoms with Crippen LogP contribution in [0, 0.1) is 0 Å². The normalized spacial score (nSPS) is 11.6. The van der Waals surface area contributed by atoms with Crippen molar-refractivity contribution in [3.8, 4) is 22.9 Å². The molecule has 0 spiro atoms. The molecule has 0 aliphatic carbocycles. The molecular weight excluding hydrogens is 352 g/mol. The van der Waals surface area contributed by atoms with Gasteiger partial charge in [-0.3, -0.25) is 0 Å². The van der Waals surface area contributed by atoms with Gasteiger partial charge in [0, 0.05) is 17.9 Å². The Hall–Kier alpha value is -3.26. The van der Waals surface area contributed by atoms with Crippen molar-refractivity contribution in [1.82, 2.24) is 19.6 Å². The SMILES string of the molecule is CS(=O)(=O)c1cccc(Oc2cc(-c3ccccc3)nc3ncnn23)c1. The summed E-state index contributed by atoms with van der Waals surface area (Å²) in [5.74, 6) is 1.16. The molecular formula is C18H14N4O3S. The monoisotopic (exact) mass is 366 g/mol. The van der Waals surface area contributed by atoms with Crippen molar-refractivity contribution in [1.29, 1.82) is 0 Å². The van der Waals surface area contributed by atoms with Crippen molar-refractivity contribution in [3.63, 3.8) is 0 Å². The molecule has 2 aromatic carbocycles. The number of fused-ring (bicyclic) bond motifs is 1. The van der Waals surface area contributed by atoms with E-state index in [4.69, 9.17) is 4.74 Å². The molecule has 0 aliphatic heterocycles. The molecule has 0 amide bonds. The van der Waals surface area contributed by atoms with Crippen LogP contribution >= 0.6 is 0 Å². The first-order valence-corrected chi connectivity index (χ1v) is 9.64. The van der Waals surface area contributed by atoms with E-state index in [1.54, 1.807) is 18.2 Å². The molecule has 8 heteroatoms. The Morgan fingerprint density at radius 3 is 2.58 bits per heavy atom. The summed E-state index contributed by atoms with van der Waals surface area (Å²) in [4.78, 5) is 8.79. The lowest BCUT2D eigenvalue weighted by Gasteiger charge is -2.10. The topological polar surface area (TPSA) is 86.5 Å². The average Bonchev–Trinajstić information content (AvgIpc) is 3.11. The third-order valence-corrected chi connectivity index (χ3v) is 4.86. The van der Waals surface area contributed by atoms with E-state index >= 15 is 0 Å². The Labute approximate surface area is 149 Å². The fourth-order valence-electron chi connectivity index (χ4n) is 2.50. The van der Waals surface area contributed by atoms with E-state index in [1.807, 2.05) is 30.3 Å². The summed E-state index contributed by atoms with van der Waals surface area (Å²) in [6.45, 7) is 0. The van der Waals surface area contributed by atoms with Gasteiger partial charge in [-0.05, 0) is 18.2 Å². The first kappa shape index (κ1) is 16.2. The van der Waals surface area contributed by atoms with Gasteiger partial charge in [-0.2, -0.15) is 14.6 Å². The maximum Gasteiger partial charge on any atom is 0.255 e. The summed E-state index contributed by atoms with van der Waals surface area (Å²) in [5.41, 5.74) is 1.59. The van der Waals surface area contributed by atoms with Gasteiger partial charge < -0.3 is 4.74 Å². The highest BCUT2D eigenvalue weighted by Crippen LogP contribution is 2.27. The zero-order chi connectivity index (χ0) is 18.1. The average molecular weight is 366 g/mol. The van der Waals surface area contributed by atoms with Gasteiger partial charge in [0.15, 0.2) is 9.84 Å². The highest BCUT2D eigenvalue weighted by atomic mass is 32.2. The zero-order valence-electron chi connectivity index (χ0n) is 13.8. The number of hydrogen-bond acceptors (Lipinski definition) is 6. The van der Waals surface area contributed by atoms with Crippen LogP contribution in [0.5, 0.6) is 11.6 Å². The fraction of sp³-hybridized carbons (Fsp3) is 0.0556. The maximum atomic E-state index is 11.8. The number of benzene rings is 2. The minimum Gasteiger partial charge on any atom is -0.439 e. The van der Waals surface area contributed by atoms with Gasteiger partial charge >= 0.3 is 0 Å². The third kappa shape index (κ3) is 3.14. The van der Waals surface area contributed by atoms with Gasteiger partial charge in [-0.15, -0.1) is 0 Å². The third-order valence-electron chi connectivity index (χ3n) is 3.74. The molecule has 0 aliphatic rings. The van der Waals surface area contributed by atoms with Gasteiger partial charge in [-0.25, -0.2) is 13.4 Å². The molecule has 4 rings (SSSR count). The van der Waals surface area contributed by atoms with Crippen molar-refractivity contribution in [2.45, 2.75) is 4.90 Å². The number of ether oxygens (including phenoxy) is 1. The summed E-state index contributed by atoms with van der Waals surface area (Å²) in [6.07, 6.45) is 2.54. The summed E-state index contributed by atoms with van der Waals surface area (Å²) < 4.78 is 30.9. The number of sulfone groups is 1. The second kappa shape index (κ2) is 6.23. The molecule has 7 nitrogen and oxygen atoms in total. The molecule has 2 aromatic heterocycles.